The van der Waals surface area contributed by atoms with E-state index in [0.717, 1.165) is 31.0 Å². The highest BCUT2D eigenvalue weighted by molar-refractivity contribution is 8.03. The average molecular weight is 595 g/mol. The summed E-state index contributed by atoms with van der Waals surface area (Å²) in [6.45, 7) is 7.19. The lowest BCUT2D eigenvalue weighted by Crippen LogP contribution is -2.20. The summed E-state index contributed by atoms with van der Waals surface area (Å²) in [6, 6.07) is 13.0. The van der Waals surface area contributed by atoms with E-state index in [1.807, 2.05) is 36.0 Å². The van der Waals surface area contributed by atoms with Crippen LogP contribution in [0.15, 0.2) is 53.6 Å². The molecule has 3 rings (SSSR count). The maximum atomic E-state index is 12.5. The van der Waals surface area contributed by atoms with E-state index in [-0.39, 0.29) is 18.3 Å². The van der Waals surface area contributed by atoms with E-state index >= 15 is 0 Å². The smallest absolute Gasteiger partial charge is 0.262 e. The topological polar surface area (TPSA) is 67.9 Å². The first kappa shape index (κ1) is 33.6. The van der Waals surface area contributed by atoms with E-state index in [4.69, 9.17) is 9.47 Å². The van der Waals surface area contributed by atoms with E-state index in [2.05, 4.69) is 30.3 Å². The molecule has 0 aliphatic carbocycles. The van der Waals surface area contributed by atoms with Crippen molar-refractivity contribution in [2.45, 2.75) is 104 Å². The predicted molar refractivity (Wildman–Crippen MR) is 175 cm³/mol. The molecule has 0 bridgehead atoms. The van der Waals surface area contributed by atoms with Gasteiger partial charge in [0.25, 0.3) is 5.91 Å². The van der Waals surface area contributed by atoms with Crippen LogP contribution in [-0.2, 0) is 11.3 Å². The summed E-state index contributed by atoms with van der Waals surface area (Å²) < 4.78 is 11.6. The second-order valence-corrected chi connectivity index (χ2v) is 12.4. The number of ether oxygens (including phenoxy) is 2. The second kappa shape index (κ2) is 19.3. The Kier molecular flexibility index (Phi) is 15.4. The number of benzene rings is 2. The number of hydrogen-bond donors (Lipinski definition) is 1. The van der Waals surface area contributed by atoms with Gasteiger partial charge in [0.2, 0.25) is 0 Å². The van der Waals surface area contributed by atoms with E-state index in [1.54, 1.807) is 18.2 Å². The van der Waals surface area contributed by atoms with Crippen LogP contribution in [0.25, 0.3) is 0 Å². The third-order valence-corrected chi connectivity index (χ3v) is 8.42. The molecule has 0 atom stereocenters. The molecule has 0 aromatic heterocycles. The Hall–Kier alpha value is -2.93. The van der Waals surface area contributed by atoms with E-state index in [9.17, 15) is 9.59 Å². The van der Waals surface area contributed by atoms with Gasteiger partial charge in [0, 0.05) is 18.4 Å². The molecule has 1 N–H and O–H groups in total. The van der Waals surface area contributed by atoms with Crippen molar-refractivity contribution in [3.8, 4) is 11.5 Å². The summed E-state index contributed by atoms with van der Waals surface area (Å²) in [5.74, 6) is 1.66. The monoisotopic (exact) mass is 594 g/mol. The molecule has 0 spiro atoms. The minimum atomic E-state index is -0.256. The molecule has 0 saturated carbocycles. The van der Waals surface area contributed by atoms with Crippen molar-refractivity contribution < 1.29 is 19.1 Å². The second-order valence-electron chi connectivity index (χ2n) is 11.2. The van der Waals surface area contributed by atoms with Crippen LogP contribution in [0.1, 0.15) is 114 Å². The minimum Gasteiger partial charge on any atom is -0.493 e. The van der Waals surface area contributed by atoms with Gasteiger partial charge in [0.1, 0.15) is 11.5 Å². The summed E-state index contributed by atoms with van der Waals surface area (Å²) in [7, 11) is 0. The zero-order valence-corrected chi connectivity index (χ0v) is 26.7. The Bertz CT molecular complexity index is 1130. The van der Waals surface area contributed by atoms with Crippen molar-refractivity contribution in [3.63, 3.8) is 0 Å². The number of rotatable bonds is 21. The first-order valence-electron chi connectivity index (χ1n) is 15.8. The molecule has 1 aliphatic heterocycles. The average Bonchev–Trinajstić information content (AvgIpc) is 3.39. The first-order chi connectivity index (χ1) is 20.4. The Labute approximate surface area is 257 Å². The minimum absolute atomic E-state index is 0.0899. The van der Waals surface area contributed by atoms with Crippen molar-refractivity contribution in [2.24, 2.45) is 0 Å². The molecule has 6 nitrogen and oxygen atoms in total. The maximum absolute atomic E-state index is 12.5. The predicted octanol–water partition coefficient (Wildman–Crippen LogP) is 9.35. The maximum Gasteiger partial charge on any atom is 0.262 e. The number of Topliss-reactive ketones (excluding diaryl/α,β-unsaturated/α-hetero) is 1. The van der Waals surface area contributed by atoms with Gasteiger partial charge in [-0.3, -0.25) is 9.59 Å². The molecule has 7 heteroatoms. The van der Waals surface area contributed by atoms with Crippen LogP contribution < -0.4 is 14.8 Å². The van der Waals surface area contributed by atoms with Gasteiger partial charge in [-0.1, -0.05) is 89.7 Å². The fraction of sp³-hybridized carbons (Fsp3) is 0.543. The van der Waals surface area contributed by atoms with Gasteiger partial charge in [-0.2, -0.15) is 0 Å². The largest absolute Gasteiger partial charge is 0.493 e. The number of carbonyl (C=O) groups is 2. The van der Waals surface area contributed by atoms with E-state index < -0.39 is 0 Å². The number of carbonyl (C=O) groups excluding carboxylic acids is 2. The van der Waals surface area contributed by atoms with Crippen molar-refractivity contribution in [2.75, 3.05) is 24.4 Å². The Morgan fingerprint density at radius 2 is 1.50 bits per heavy atom. The van der Waals surface area contributed by atoms with Gasteiger partial charge >= 0.3 is 0 Å². The fourth-order valence-electron chi connectivity index (χ4n) is 5.01. The Morgan fingerprint density at radius 1 is 0.857 bits per heavy atom. The number of allylic oxidation sites excluding steroid dienone is 1. The van der Waals surface area contributed by atoms with E-state index in [0.29, 0.717) is 23.7 Å². The van der Waals surface area contributed by atoms with Crippen LogP contribution in [0.2, 0.25) is 0 Å². The highest BCUT2D eigenvalue weighted by Gasteiger charge is 2.13. The normalized spacial score (nSPS) is 12.7. The van der Waals surface area contributed by atoms with Gasteiger partial charge in [-0.05, 0) is 61.1 Å². The molecule has 1 aliphatic rings. The van der Waals surface area contributed by atoms with Crippen molar-refractivity contribution in [3.05, 3.63) is 64.7 Å². The van der Waals surface area contributed by atoms with Gasteiger partial charge in [-0.15, -0.1) is 11.8 Å². The molecular weight excluding hydrogens is 544 g/mol. The lowest BCUT2D eigenvalue weighted by molar-refractivity contribution is -0.118. The molecule has 1 amide bonds. The third kappa shape index (κ3) is 12.9. The first-order valence-corrected chi connectivity index (χ1v) is 16.8. The molecule has 1 heterocycles. The van der Waals surface area contributed by atoms with Crippen molar-refractivity contribution in [1.29, 1.82) is 0 Å². The summed E-state index contributed by atoms with van der Waals surface area (Å²) in [5.41, 5.74) is 2.39. The van der Waals surface area contributed by atoms with Crippen LogP contribution in [0.5, 0.6) is 11.5 Å². The molecule has 42 heavy (non-hydrogen) atoms. The highest BCUT2D eigenvalue weighted by atomic mass is 32.2. The van der Waals surface area contributed by atoms with Crippen LogP contribution in [0.3, 0.4) is 0 Å². The fourth-order valence-corrected chi connectivity index (χ4v) is 5.77. The van der Waals surface area contributed by atoms with Gasteiger partial charge in [0.05, 0.1) is 18.0 Å². The molecule has 2 aromatic carbocycles. The summed E-state index contributed by atoms with van der Waals surface area (Å²) in [4.78, 5) is 28.3. The quantitative estimate of drug-likeness (QED) is 0.115. The van der Waals surface area contributed by atoms with Crippen LogP contribution in [-0.4, -0.2) is 35.7 Å². The summed E-state index contributed by atoms with van der Waals surface area (Å²) in [6.07, 6.45) is 17.7. The number of nitrogens with one attached hydrogen (secondary N) is 1. The zero-order chi connectivity index (χ0) is 30.0. The number of anilines is 1. The SMILES string of the molecule is CCCCCCCCCCCCCCOc1ccc(OCC(=O)Nc2ccc(CN3C=C(C)SC3)cc2)cc1C(C)=O. The summed E-state index contributed by atoms with van der Waals surface area (Å²) in [5, 5.41) is 2.87. The third-order valence-electron chi connectivity index (χ3n) is 7.40. The lowest BCUT2D eigenvalue weighted by atomic mass is 10.1. The number of unbranched alkanes of at least 4 members (excludes halogenated alkanes) is 11. The number of amides is 1. The molecule has 230 valence electrons. The molecule has 0 unspecified atom stereocenters. The number of nitrogens with zero attached hydrogens (tertiary/aromatic N) is 1. The van der Waals surface area contributed by atoms with Crippen molar-refractivity contribution >= 4 is 29.1 Å². The van der Waals surface area contributed by atoms with Gasteiger partial charge < -0.3 is 19.7 Å². The van der Waals surface area contributed by atoms with Crippen LogP contribution in [0.4, 0.5) is 5.69 Å². The standard InChI is InChI=1S/C35H50N2O4S/c1-4-5-6-7-8-9-10-11-12-13-14-15-22-40-34-21-20-32(23-33(34)29(3)38)41-26-35(39)36-31-18-16-30(17-19-31)25-37-24-28(2)42-27-37/h16-21,23-24H,4-15,22,25-27H2,1-3H3,(H,36,39). The molecule has 0 fully saturated rings. The molecular formula is C35H50N2O4S. The number of thioether (sulfide) groups is 1. The Balaban J connectivity index is 1.32. The van der Waals surface area contributed by atoms with Gasteiger partial charge in [-0.25, -0.2) is 0 Å². The zero-order valence-electron chi connectivity index (χ0n) is 25.9. The van der Waals surface area contributed by atoms with Crippen LogP contribution >= 0.6 is 11.8 Å². The number of hydrogen-bond acceptors (Lipinski definition) is 6. The molecule has 0 saturated heterocycles. The molecule has 2 aromatic rings. The van der Waals surface area contributed by atoms with E-state index in [1.165, 1.54) is 81.6 Å². The van der Waals surface area contributed by atoms with Crippen molar-refractivity contribution in [1.82, 2.24) is 4.90 Å². The van der Waals surface area contributed by atoms with Gasteiger partial charge in [0.15, 0.2) is 12.4 Å². The highest BCUT2D eigenvalue weighted by Crippen LogP contribution is 2.27. The lowest BCUT2D eigenvalue weighted by Gasteiger charge is -2.15. The number of ketones is 1. The molecule has 0 radical (unpaired) electrons. The van der Waals surface area contributed by atoms with Crippen LogP contribution in [0, 0.1) is 0 Å². The Morgan fingerprint density at radius 3 is 2.10 bits per heavy atom. The summed E-state index contributed by atoms with van der Waals surface area (Å²) >= 11 is 1.84.